The summed E-state index contributed by atoms with van der Waals surface area (Å²) in [6, 6.07) is 4.30. The fourth-order valence-corrected chi connectivity index (χ4v) is 2.32. The topological polar surface area (TPSA) is 93.2 Å². The van der Waals surface area contributed by atoms with Gasteiger partial charge < -0.3 is 15.4 Å². The summed E-state index contributed by atoms with van der Waals surface area (Å²) in [6.07, 6.45) is -1.82. The van der Waals surface area contributed by atoms with Crippen LogP contribution in [-0.4, -0.2) is 34.6 Å². The van der Waals surface area contributed by atoms with E-state index in [1.807, 2.05) is 0 Å². The summed E-state index contributed by atoms with van der Waals surface area (Å²) >= 11 is 0. The highest BCUT2D eigenvalue weighted by Crippen LogP contribution is 2.21. The van der Waals surface area contributed by atoms with Crippen molar-refractivity contribution >= 4 is 17.6 Å². The van der Waals surface area contributed by atoms with E-state index in [0.29, 0.717) is 16.9 Å². The Balaban J connectivity index is 2.06. The number of hydrogen-bond donors (Lipinski definition) is 2. The van der Waals surface area contributed by atoms with Crippen molar-refractivity contribution in [3.05, 3.63) is 47.3 Å². The van der Waals surface area contributed by atoms with Crippen molar-refractivity contribution in [3.63, 3.8) is 0 Å². The normalized spacial score (nSPS) is 12.2. The van der Waals surface area contributed by atoms with Gasteiger partial charge in [-0.1, -0.05) is 0 Å². The third-order valence-corrected chi connectivity index (χ3v) is 3.60. The molecule has 150 valence electrons. The highest BCUT2D eigenvalue weighted by Gasteiger charge is 2.29. The van der Waals surface area contributed by atoms with Crippen molar-refractivity contribution in [1.29, 1.82) is 0 Å². The predicted octanol–water partition coefficient (Wildman–Crippen LogP) is 3.18. The van der Waals surface area contributed by atoms with Crippen LogP contribution in [0.4, 0.5) is 19.0 Å². The summed E-state index contributed by atoms with van der Waals surface area (Å²) in [4.78, 5) is 31.3. The van der Waals surface area contributed by atoms with Gasteiger partial charge in [0.1, 0.15) is 5.82 Å². The molecular weight excluding hydrogens is 377 g/mol. The summed E-state index contributed by atoms with van der Waals surface area (Å²) in [7, 11) is 0. The molecule has 2 N–H and O–H groups in total. The summed E-state index contributed by atoms with van der Waals surface area (Å²) in [5.41, 5.74) is 1.20. The lowest BCUT2D eigenvalue weighted by Gasteiger charge is -2.16. The van der Waals surface area contributed by atoms with Crippen LogP contribution in [0.15, 0.2) is 30.6 Å². The number of rotatable bonds is 6. The number of halogens is 3. The Kier molecular flexibility index (Phi) is 6.55. The fraction of sp³-hybridized carbons (Fsp3) is 0.333. The summed E-state index contributed by atoms with van der Waals surface area (Å²) < 4.78 is 41.3. The number of hydrogen-bond acceptors (Lipinski definition) is 5. The minimum Gasteiger partial charge on any atom is -0.468 e. The van der Waals surface area contributed by atoms with E-state index in [-0.39, 0.29) is 17.4 Å². The van der Waals surface area contributed by atoms with E-state index < -0.39 is 24.7 Å². The van der Waals surface area contributed by atoms with Gasteiger partial charge in [-0.25, -0.2) is 9.97 Å². The second-order valence-corrected chi connectivity index (χ2v) is 6.10. The molecule has 0 aromatic carbocycles. The maximum absolute atomic E-state index is 12.4. The van der Waals surface area contributed by atoms with E-state index in [2.05, 4.69) is 25.3 Å². The van der Waals surface area contributed by atoms with Gasteiger partial charge in [0.2, 0.25) is 11.8 Å². The molecule has 2 amide bonds. The van der Waals surface area contributed by atoms with Crippen LogP contribution in [0.3, 0.4) is 0 Å². The number of ether oxygens (including phenoxy) is 1. The van der Waals surface area contributed by atoms with Gasteiger partial charge in [0.15, 0.2) is 6.61 Å². The minimum atomic E-state index is -4.47. The van der Waals surface area contributed by atoms with Gasteiger partial charge in [-0.05, 0) is 37.6 Å². The van der Waals surface area contributed by atoms with E-state index in [1.165, 1.54) is 26.1 Å². The first kappa shape index (κ1) is 21.1. The van der Waals surface area contributed by atoms with Gasteiger partial charge >= 0.3 is 6.18 Å². The van der Waals surface area contributed by atoms with Gasteiger partial charge in [-0.2, -0.15) is 13.2 Å². The van der Waals surface area contributed by atoms with Crippen LogP contribution in [0.1, 0.15) is 41.4 Å². The first-order valence-corrected chi connectivity index (χ1v) is 8.26. The van der Waals surface area contributed by atoms with Crippen LogP contribution in [0.25, 0.3) is 0 Å². The number of nitrogens with one attached hydrogen (secondary N) is 2. The predicted molar refractivity (Wildman–Crippen MR) is 94.9 cm³/mol. The summed E-state index contributed by atoms with van der Waals surface area (Å²) in [6.45, 7) is 3.15. The average molecular weight is 396 g/mol. The summed E-state index contributed by atoms with van der Waals surface area (Å²) in [5, 5.41) is 5.31. The van der Waals surface area contributed by atoms with Gasteiger partial charge in [0.05, 0.1) is 11.6 Å². The maximum atomic E-state index is 12.4. The zero-order valence-electron chi connectivity index (χ0n) is 15.4. The van der Waals surface area contributed by atoms with E-state index in [0.717, 1.165) is 6.20 Å². The van der Waals surface area contributed by atoms with Crippen molar-refractivity contribution in [2.75, 3.05) is 11.9 Å². The van der Waals surface area contributed by atoms with Crippen LogP contribution in [0.5, 0.6) is 5.88 Å². The Labute approximate surface area is 159 Å². The van der Waals surface area contributed by atoms with Gasteiger partial charge in [-0.3, -0.25) is 9.59 Å². The lowest BCUT2D eigenvalue weighted by atomic mass is 10.1. The number of alkyl halides is 3. The number of amides is 2. The second kappa shape index (κ2) is 8.68. The van der Waals surface area contributed by atoms with Crippen molar-refractivity contribution in [2.24, 2.45) is 0 Å². The number of aryl methyl sites for hydroxylation is 1. The molecule has 2 aromatic rings. The van der Waals surface area contributed by atoms with Crippen LogP contribution in [0.2, 0.25) is 0 Å². The molecule has 0 saturated carbocycles. The molecule has 0 spiro atoms. The molecular formula is C18H19F3N4O3. The molecule has 0 aliphatic carbocycles. The first-order valence-electron chi connectivity index (χ1n) is 8.26. The second-order valence-electron chi connectivity index (χ2n) is 6.10. The fourth-order valence-electron chi connectivity index (χ4n) is 2.32. The third kappa shape index (κ3) is 6.22. The van der Waals surface area contributed by atoms with E-state index in [1.54, 1.807) is 19.1 Å². The van der Waals surface area contributed by atoms with Crippen molar-refractivity contribution in [3.8, 4) is 5.88 Å². The quantitative estimate of drug-likeness (QED) is 0.782. The molecule has 10 heteroatoms. The number of carbonyl (C=O) groups is 2. The van der Waals surface area contributed by atoms with Crippen LogP contribution < -0.4 is 15.4 Å². The van der Waals surface area contributed by atoms with Crippen LogP contribution in [-0.2, 0) is 4.79 Å². The Morgan fingerprint density at radius 3 is 2.57 bits per heavy atom. The number of nitrogens with zero attached hydrogens (tertiary/aromatic N) is 2. The van der Waals surface area contributed by atoms with Gasteiger partial charge in [0, 0.05) is 24.9 Å². The molecule has 0 aliphatic heterocycles. The SMILES string of the molecule is CC(=O)Nc1cc(C(C)NC(=O)c2cnc(OCC(F)(F)F)c(C)c2)ccn1. The van der Waals surface area contributed by atoms with Crippen LogP contribution >= 0.6 is 0 Å². The molecule has 2 aromatic heterocycles. The highest BCUT2D eigenvalue weighted by atomic mass is 19.4. The summed E-state index contributed by atoms with van der Waals surface area (Å²) in [5.74, 6) is -0.551. The Hall–Kier alpha value is -3.17. The molecule has 0 aliphatic rings. The molecule has 0 radical (unpaired) electrons. The zero-order chi connectivity index (χ0) is 20.9. The standard InChI is InChI=1S/C18H19F3N4O3/c1-10-6-14(8-23-17(10)28-9-18(19,20)21)16(27)24-11(2)13-4-5-22-15(7-13)25-12(3)26/h4-8,11H,9H2,1-3H3,(H,24,27)(H,22,25,26). The molecule has 2 rings (SSSR count). The number of anilines is 1. The molecule has 1 atom stereocenters. The maximum Gasteiger partial charge on any atom is 0.422 e. The smallest absolute Gasteiger partial charge is 0.422 e. The molecule has 0 fully saturated rings. The Morgan fingerprint density at radius 2 is 1.96 bits per heavy atom. The molecule has 0 bridgehead atoms. The monoisotopic (exact) mass is 396 g/mol. The molecule has 7 nitrogen and oxygen atoms in total. The molecule has 28 heavy (non-hydrogen) atoms. The largest absolute Gasteiger partial charge is 0.468 e. The molecule has 1 unspecified atom stereocenters. The first-order chi connectivity index (χ1) is 13.0. The minimum absolute atomic E-state index is 0.180. The highest BCUT2D eigenvalue weighted by molar-refractivity contribution is 5.94. The Bertz CT molecular complexity index is 871. The third-order valence-electron chi connectivity index (χ3n) is 3.60. The number of carbonyl (C=O) groups excluding carboxylic acids is 2. The van der Waals surface area contributed by atoms with Crippen molar-refractivity contribution in [2.45, 2.75) is 33.0 Å². The van der Waals surface area contributed by atoms with Crippen molar-refractivity contribution < 1.29 is 27.5 Å². The van der Waals surface area contributed by atoms with E-state index >= 15 is 0 Å². The van der Waals surface area contributed by atoms with Gasteiger partial charge in [-0.15, -0.1) is 0 Å². The number of pyridine rings is 2. The number of aromatic nitrogens is 2. The van der Waals surface area contributed by atoms with Gasteiger partial charge in [0.25, 0.3) is 5.91 Å². The average Bonchev–Trinajstić information content (AvgIpc) is 2.59. The van der Waals surface area contributed by atoms with E-state index in [9.17, 15) is 22.8 Å². The molecule has 0 saturated heterocycles. The van der Waals surface area contributed by atoms with Crippen LogP contribution in [0, 0.1) is 6.92 Å². The lowest BCUT2D eigenvalue weighted by Crippen LogP contribution is -2.27. The Morgan fingerprint density at radius 1 is 1.25 bits per heavy atom. The molecule has 2 heterocycles. The lowest BCUT2D eigenvalue weighted by molar-refractivity contribution is -0.154. The van der Waals surface area contributed by atoms with E-state index in [4.69, 9.17) is 0 Å². The van der Waals surface area contributed by atoms with Crippen molar-refractivity contribution in [1.82, 2.24) is 15.3 Å². The zero-order valence-corrected chi connectivity index (χ0v) is 15.4.